The highest BCUT2D eigenvalue weighted by molar-refractivity contribution is 5.97. The molecule has 0 aromatic heterocycles. The highest BCUT2D eigenvalue weighted by Gasteiger charge is 2.23. The van der Waals surface area contributed by atoms with Crippen molar-refractivity contribution in [3.63, 3.8) is 0 Å². The Morgan fingerprint density at radius 1 is 1.20 bits per heavy atom. The molecule has 6 heteroatoms. The Hall–Kier alpha value is -3.02. The Morgan fingerprint density at radius 2 is 1.92 bits per heavy atom. The highest BCUT2D eigenvalue weighted by Crippen LogP contribution is 2.30. The van der Waals surface area contributed by atoms with Gasteiger partial charge in [-0.1, -0.05) is 18.2 Å². The fourth-order valence-corrected chi connectivity index (χ4v) is 2.56. The van der Waals surface area contributed by atoms with E-state index in [-0.39, 0.29) is 18.2 Å². The summed E-state index contributed by atoms with van der Waals surface area (Å²) < 4.78 is 10.6. The van der Waals surface area contributed by atoms with Gasteiger partial charge < -0.3 is 20.1 Å². The first kappa shape index (κ1) is 16.8. The number of nitrogens with one attached hydrogen (secondary N) is 2. The summed E-state index contributed by atoms with van der Waals surface area (Å²) in [5.74, 6) is 1.12. The van der Waals surface area contributed by atoms with Crippen LogP contribution in [0.3, 0.4) is 0 Å². The highest BCUT2D eigenvalue weighted by atomic mass is 16.5. The first-order valence-corrected chi connectivity index (χ1v) is 8.05. The minimum Gasteiger partial charge on any atom is -0.497 e. The van der Waals surface area contributed by atoms with Gasteiger partial charge in [0, 0.05) is 6.54 Å². The lowest BCUT2D eigenvalue weighted by Gasteiger charge is -2.23. The van der Waals surface area contributed by atoms with Gasteiger partial charge in [0.2, 0.25) is 5.91 Å². The summed E-state index contributed by atoms with van der Waals surface area (Å²) in [6.45, 7) is 2.14. The third-order valence-corrected chi connectivity index (χ3v) is 3.99. The van der Waals surface area contributed by atoms with Crippen LogP contribution in [0.1, 0.15) is 18.1 Å². The monoisotopic (exact) mass is 340 g/mol. The first-order chi connectivity index (χ1) is 12.0. The molecule has 1 heterocycles. The molecule has 130 valence electrons. The Morgan fingerprint density at radius 3 is 2.64 bits per heavy atom. The van der Waals surface area contributed by atoms with Crippen LogP contribution in [0.15, 0.2) is 42.5 Å². The van der Waals surface area contributed by atoms with Crippen LogP contribution in [-0.4, -0.2) is 25.0 Å². The second kappa shape index (κ2) is 7.25. The van der Waals surface area contributed by atoms with Crippen molar-refractivity contribution < 1.29 is 19.1 Å². The number of rotatable bonds is 5. The Bertz CT molecular complexity index is 787. The quantitative estimate of drug-likeness (QED) is 0.875. The number of hydrogen-bond acceptors (Lipinski definition) is 4. The second-order valence-electron chi connectivity index (χ2n) is 5.88. The predicted octanol–water partition coefficient (Wildman–Crippen LogP) is 2.27. The van der Waals surface area contributed by atoms with Gasteiger partial charge in [0.15, 0.2) is 6.10 Å². The van der Waals surface area contributed by atoms with E-state index < -0.39 is 6.10 Å². The number of ether oxygens (including phenoxy) is 2. The standard InChI is InChI=1S/C19H20N2O4/c1-12-19(23)21-16-9-14(5-8-17(16)25-12)10-18(22)20-11-13-3-6-15(24-2)7-4-13/h3-9,12H,10-11H2,1-2H3,(H,20,22)(H,21,23). The third kappa shape index (κ3) is 4.09. The summed E-state index contributed by atoms with van der Waals surface area (Å²) in [4.78, 5) is 23.8. The summed E-state index contributed by atoms with van der Waals surface area (Å²) in [7, 11) is 1.61. The number of anilines is 1. The largest absolute Gasteiger partial charge is 0.497 e. The molecule has 0 bridgehead atoms. The molecule has 1 atom stereocenters. The van der Waals surface area contributed by atoms with Gasteiger partial charge >= 0.3 is 0 Å². The molecule has 0 spiro atoms. The number of carbonyl (C=O) groups excluding carboxylic acids is 2. The van der Waals surface area contributed by atoms with E-state index in [0.717, 1.165) is 16.9 Å². The molecule has 2 aromatic carbocycles. The maximum Gasteiger partial charge on any atom is 0.265 e. The average molecular weight is 340 g/mol. The van der Waals surface area contributed by atoms with E-state index in [1.54, 1.807) is 26.2 Å². The Labute approximate surface area is 146 Å². The Kier molecular flexibility index (Phi) is 4.88. The SMILES string of the molecule is COc1ccc(CNC(=O)Cc2ccc3c(c2)NC(=O)C(C)O3)cc1. The molecule has 1 unspecified atom stereocenters. The molecule has 0 radical (unpaired) electrons. The van der Waals surface area contributed by atoms with Gasteiger partial charge in [-0.15, -0.1) is 0 Å². The summed E-state index contributed by atoms with van der Waals surface area (Å²) in [5, 5.41) is 5.67. The van der Waals surface area contributed by atoms with Gasteiger partial charge in [0.1, 0.15) is 11.5 Å². The van der Waals surface area contributed by atoms with Gasteiger partial charge in [-0.25, -0.2) is 0 Å². The number of hydrogen-bond donors (Lipinski definition) is 2. The van der Waals surface area contributed by atoms with Crippen LogP contribution in [0.2, 0.25) is 0 Å². The maximum atomic E-state index is 12.1. The van der Waals surface area contributed by atoms with Crippen LogP contribution in [0.4, 0.5) is 5.69 Å². The molecule has 2 N–H and O–H groups in total. The van der Waals surface area contributed by atoms with E-state index >= 15 is 0 Å². The van der Waals surface area contributed by atoms with E-state index in [4.69, 9.17) is 9.47 Å². The van der Waals surface area contributed by atoms with Crippen molar-refractivity contribution in [1.29, 1.82) is 0 Å². The van der Waals surface area contributed by atoms with Gasteiger partial charge in [-0.2, -0.15) is 0 Å². The minimum absolute atomic E-state index is 0.0906. The molecule has 6 nitrogen and oxygen atoms in total. The lowest BCUT2D eigenvalue weighted by Crippen LogP contribution is -2.34. The molecule has 2 aromatic rings. The second-order valence-corrected chi connectivity index (χ2v) is 5.88. The normalized spacial score (nSPS) is 15.6. The molecular weight excluding hydrogens is 320 g/mol. The average Bonchev–Trinajstić information content (AvgIpc) is 2.61. The van der Waals surface area contributed by atoms with Crippen molar-refractivity contribution in [3.8, 4) is 11.5 Å². The third-order valence-electron chi connectivity index (χ3n) is 3.99. The lowest BCUT2D eigenvalue weighted by molar-refractivity contribution is -0.122. The molecule has 1 aliphatic rings. The molecule has 0 fully saturated rings. The van der Waals surface area contributed by atoms with Crippen LogP contribution < -0.4 is 20.1 Å². The first-order valence-electron chi connectivity index (χ1n) is 8.05. The Balaban J connectivity index is 1.57. The van der Waals surface area contributed by atoms with Gasteiger partial charge in [-0.05, 0) is 42.3 Å². The lowest BCUT2D eigenvalue weighted by atomic mass is 10.1. The van der Waals surface area contributed by atoms with Crippen LogP contribution in [0, 0.1) is 0 Å². The maximum absolute atomic E-state index is 12.1. The number of amides is 2. The van der Waals surface area contributed by atoms with Gasteiger partial charge in [0.05, 0.1) is 19.2 Å². The number of fused-ring (bicyclic) bond motifs is 1. The van der Waals surface area contributed by atoms with Gasteiger partial charge in [-0.3, -0.25) is 9.59 Å². The van der Waals surface area contributed by atoms with Crippen LogP contribution in [-0.2, 0) is 22.6 Å². The van der Waals surface area contributed by atoms with Crippen molar-refractivity contribution in [1.82, 2.24) is 5.32 Å². The summed E-state index contributed by atoms with van der Waals surface area (Å²) >= 11 is 0. The van der Waals surface area contributed by atoms with E-state index in [1.165, 1.54) is 0 Å². The van der Waals surface area contributed by atoms with Crippen LogP contribution in [0.25, 0.3) is 0 Å². The number of carbonyl (C=O) groups is 2. The van der Waals surface area contributed by atoms with Crippen molar-refractivity contribution >= 4 is 17.5 Å². The van der Waals surface area contributed by atoms with E-state index in [2.05, 4.69) is 10.6 Å². The smallest absolute Gasteiger partial charge is 0.265 e. The van der Waals surface area contributed by atoms with E-state index in [0.29, 0.717) is 18.0 Å². The fourth-order valence-electron chi connectivity index (χ4n) is 2.56. The number of benzene rings is 2. The topological polar surface area (TPSA) is 76.7 Å². The van der Waals surface area contributed by atoms with Crippen molar-refractivity contribution in [2.24, 2.45) is 0 Å². The zero-order chi connectivity index (χ0) is 17.8. The van der Waals surface area contributed by atoms with E-state index in [1.807, 2.05) is 30.3 Å². The summed E-state index contributed by atoms with van der Waals surface area (Å²) in [6, 6.07) is 12.9. The zero-order valence-corrected chi connectivity index (χ0v) is 14.2. The zero-order valence-electron chi connectivity index (χ0n) is 14.2. The van der Waals surface area contributed by atoms with Gasteiger partial charge in [0.25, 0.3) is 5.91 Å². The minimum atomic E-state index is -0.508. The molecule has 0 aliphatic carbocycles. The van der Waals surface area contributed by atoms with Crippen molar-refractivity contribution in [3.05, 3.63) is 53.6 Å². The van der Waals surface area contributed by atoms with Crippen LogP contribution >= 0.6 is 0 Å². The molecule has 0 saturated carbocycles. The van der Waals surface area contributed by atoms with E-state index in [9.17, 15) is 9.59 Å². The summed E-state index contributed by atoms with van der Waals surface area (Å²) in [6.07, 6.45) is -0.277. The predicted molar refractivity (Wildman–Crippen MR) is 93.7 cm³/mol. The molecule has 1 aliphatic heterocycles. The van der Waals surface area contributed by atoms with Crippen molar-refractivity contribution in [2.75, 3.05) is 12.4 Å². The molecule has 0 saturated heterocycles. The molecular formula is C19H20N2O4. The fraction of sp³-hybridized carbons (Fsp3) is 0.263. The molecule has 2 amide bonds. The van der Waals surface area contributed by atoms with Crippen LogP contribution in [0.5, 0.6) is 11.5 Å². The van der Waals surface area contributed by atoms with Crippen molar-refractivity contribution in [2.45, 2.75) is 26.0 Å². The molecule has 3 rings (SSSR count). The summed E-state index contributed by atoms with van der Waals surface area (Å²) in [5.41, 5.74) is 2.40. The molecule has 25 heavy (non-hydrogen) atoms. The number of methoxy groups -OCH3 is 1.